The number of ether oxygens (including phenoxy) is 2. The first-order valence-corrected chi connectivity index (χ1v) is 11.9. The fourth-order valence-corrected chi connectivity index (χ4v) is 3.58. The van der Waals surface area contributed by atoms with E-state index in [0.717, 1.165) is 23.3 Å². The first-order chi connectivity index (χ1) is 14.9. The number of esters is 1. The molecule has 32 heavy (non-hydrogen) atoms. The van der Waals surface area contributed by atoms with Gasteiger partial charge in [-0.2, -0.15) is 0 Å². The molecular formula is C27H34O4S. The summed E-state index contributed by atoms with van der Waals surface area (Å²) in [6, 6.07) is 13.3. The number of thioether (sulfide) groups is 1. The Bertz CT molecular complexity index is 966. The van der Waals surface area contributed by atoms with Gasteiger partial charge in [0.25, 0.3) is 0 Å². The van der Waals surface area contributed by atoms with E-state index in [1.807, 2.05) is 70.2 Å². The van der Waals surface area contributed by atoms with Crippen molar-refractivity contribution >= 4 is 29.6 Å². The van der Waals surface area contributed by atoms with Crippen LogP contribution in [0.5, 0.6) is 5.75 Å². The quantitative estimate of drug-likeness (QED) is 0.179. The van der Waals surface area contributed by atoms with Gasteiger partial charge in [-0.15, -0.1) is 11.8 Å². The Morgan fingerprint density at radius 3 is 2.22 bits per heavy atom. The van der Waals surface area contributed by atoms with E-state index in [9.17, 15) is 9.59 Å². The van der Waals surface area contributed by atoms with Crippen LogP contribution in [0.3, 0.4) is 0 Å². The summed E-state index contributed by atoms with van der Waals surface area (Å²) in [7, 11) is 0. The van der Waals surface area contributed by atoms with Gasteiger partial charge in [-0.3, -0.25) is 4.79 Å². The van der Waals surface area contributed by atoms with Gasteiger partial charge in [0.2, 0.25) is 0 Å². The van der Waals surface area contributed by atoms with E-state index in [-0.39, 0.29) is 5.78 Å². The lowest BCUT2D eigenvalue weighted by Gasteiger charge is -2.29. The molecule has 0 aliphatic rings. The molecule has 0 N–H and O–H groups in total. The van der Waals surface area contributed by atoms with Crippen molar-refractivity contribution in [2.24, 2.45) is 0 Å². The van der Waals surface area contributed by atoms with Crippen LogP contribution in [-0.4, -0.2) is 28.7 Å². The Morgan fingerprint density at radius 2 is 1.66 bits per heavy atom. The molecule has 5 heteroatoms. The van der Waals surface area contributed by atoms with Gasteiger partial charge in [-0.25, -0.2) is 4.79 Å². The predicted molar refractivity (Wildman–Crippen MR) is 133 cm³/mol. The molecule has 0 bridgehead atoms. The van der Waals surface area contributed by atoms with Crippen molar-refractivity contribution in [2.45, 2.75) is 71.0 Å². The summed E-state index contributed by atoms with van der Waals surface area (Å²) in [6.07, 6.45) is 4.49. The summed E-state index contributed by atoms with van der Waals surface area (Å²) in [4.78, 5) is 26.1. The molecular weight excluding hydrogens is 420 g/mol. The molecule has 2 aromatic carbocycles. The number of carbonyl (C=O) groups excluding carboxylic acids is 2. The average Bonchev–Trinajstić information content (AvgIpc) is 2.71. The van der Waals surface area contributed by atoms with E-state index in [0.29, 0.717) is 11.3 Å². The average molecular weight is 455 g/mol. The molecule has 0 heterocycles. The predicted octanol–water partition coefficient (Wildman–Crippen LogP) is 6.89. The maximum Gasteiger partial charge on any atom is 0.350 e. The molecule has 172 valence electrons. The first kappa shape index (κ1) is 25.7. The van der Waals surface area contributed by atoms with Crippen molar-refractivity contribution in [3.8, 4) is 5.75 Å². The van der Waals surface area contributed by atoms with Gasteiger partial charge in [-0.05, 0) is 107 Å². The van der Waals surface area contributed by atoms with Crippen LogP contribution in [0.4, 0.5) is 0 Å². The van der Waals surface area contributed by atoms with Crippen LogP contribution in [0, 0.1) is 6.92 Å². The van der Waals surface area contributed by atoms with E-state index in [4.69, 9.17) is 9.47 Å². The van der Waals surface area contributed by atoms with Crippen LogP contribution in [0.1, 0.15) is 69.4 Å². The summed E-state index contributed by atoms with van der Waals surface area (Å²) in [5.74, 6) is 1.21. The Kier molecular flexibility index (Phi) is 8.73. The molecule has 2 aromatic rings. The lowest BCUT2D eigenvalue weighted by molar-refractivity contribution is -0.170. The monoisotopic (exact) mass is 454 g/mol. The maximum atomic E-state index is 12.5. The van der Waals surface area contributed by atoms with E-state index < -0.39 is 17.2 Å². The second-order valence-corrected chi connectivity index (χ2v) is 10.4. The molecule has 0 aromatic heterocycles. The number of carbonyl (C=O) groups is 2. The zero-order valence-corrected chi connectivity index (χ0v) is 21.0. The lowest BCUT2D eigenvalue weighted by Crippen LogP contribution is -2.43. The summed E-state index contributed by atoms with van der Waals surface area (Å²) in [5, 5.41) is 0. The van der Waals surface area contributed by atoms with Crippen molar-refractivity contribution in [3.63, 3.8) is 0 Å². The summed E-state index contributed by atoms with van der Waals surface area (Å²) in [6.45, 7) is 12.9. The molecule has 0 saturated heterocycles. The fourth-order valence-electron chi connectivity index (χ4n) is 2.81. The van der Waals surface area contributed by atoms with Crippen molar-refractivity contribution in [1.29, 1.82) is 0 Å². The first-order valence-electron chi connectivity index (χ1n) is 10.9. The van der Waals surface area contributed by atoms with Gasteiger partial charge in [0.1, 0.15) is 11.4 Å². The zero-order chi connectivity index (χ0) is 23.9. The van der Waals surface area contributed by atoms with Crippen molar-refractivity contribution < 1.29 is 19.1 Å². The second kappa shape index (κ2) is 10.9. The Balaban J connectivity index is 2.05. The number of rotatable bonds is 9. The molecule has 2 rings (SSSR count). The number of benzene rings is 2. The van der Waals surface area contributed by atoms with Gasteiger partial charge in [0, 0.05) is 10.5 Å². The molecule has 0 unspecified atom stereocenters. The molecule has 0 atom stereocenters. The van der Waals surface area contributed by atoms with Gasteiger partial charge >= 0.3 is 5.97 Å². The Morgan fingerprint density at radius 1 is 1.00 bits per heavy atom. The van der Waals surface area contributed by atoms with Crippen LogP contribution >= 0.6 is 11.8 Å². The second-order valence-electron chi connectivity index (χ2n) is 9.21. The van der Waals surface area contributed by atoms with Crippen LogP contribution in [0.25, 0.3) is 6.08 Å². The summed E-state index contributed by atoms with van der Waals surface area (Å²) in [5.41, 5.74) is 0.718. The SMILES string of the molecule is CCCSc1ccc(C(=O)C=Cc2ccc(OC(C)(C)C(=O)OC(C)(C)C)c(C)c2)cc1. The number of allylic oxidation sites excluding steroid dienone is 1. The van der Waals surface area contributed by atoms with Gasteiger partial charge in [0.15, 0.2) is 11.4 Å². The molecule has 0 fully saturated rings. The minimum atomic E-state index is -1.12. The highest BCUT2D eigenvalue weighted by Gasteiger charge is 2.35. The number of aryl methyl sites for hydroxylation is 1. The summed E-state index contributed by atoms with van der Waals surface area (Å²) < 4.78 is 11.4. The Hall–Kier alpha value is -2.53. The molecule has 0 radical (unpaired) electrons. The highest BCUT2D eigenvalue weighted by molar-refractivity contribution is 7.99. The molecule has 0 spiro atoms. The lowest BCUT2D eigenvalue weighted by atomic mass is 10.1. The van der Waals surface area contributed by atoms with E-state index in [2.05, 4.69) is 6.92 Å². The molecule has 0 saturated carbocycles. The summed E-state index contributed by atoms with van der Waals surface area (Å²) >= 11 is 1.79. The van der Waals surface area contributed by atoms with E-state index in [1.165, 1.54) is 4.90 Å². The third-order valence-electron chi connectivity index (χ3n) is 4.49. The largest absolute Gasteiger partial charge is 0.476 e. The third kappa shape index (κ3) is 7.86. The maximum absolute atomic E-state index is 12.5. The highest BCUT2D eigenvalue weighted by Crippen LogP contribution is 2.26. The number of hydrogen-bond acceptors (Lipinski definition) is 5. The fraction of sp³-hybridized carbons (Fsp3) is 0.407. The van der Waals surface area contributed by atoms with Crippen molar-refractivity contribution in [3.05, 3.63) is 65.2 Å². The van der Waals surface area contributed by atoms with Crippen LogP contribution in [-0.2, 0) is 9.53 Å². The number of ketones is 1. The molecule has 0 aliphatic heterocycles. The van der Waals surface area contributed by atoms with Crippen molar-refractivity contribution in [1.82, 2.24) is 0 Å². The van der Waals surface area contributed by atoms with Gasteiger partial charge in [0.05, 0.1) is 0 Å². The molecule has 4 nitrogen and oxygen atoms in total. The smallest absolute Gasteiger partial charge is 0.350 e. The topological polar surface area (TPSA) is 52.6 Å². The number of hydrogen-bond donors (Lipinski definition) is 0. The molecule has 0 amide bonds. The minimum absolute atomic E-state index is 0.0407. The molecule has 0 aliphatic carbocycles. The third-order valence-corrected chi connectivity index (χ3v) is 5.71. The minimum Gasteiger partial charge on any atom is -0.476 e. The van der Waals surface area contributed by atoms with Gasteiger partial charge < -0.3 is 9.47 Å². The highest BCUT2D eigenvalue weighted by atomic mass is 32.2. The van der Waals surface area contributed by atoms with E-state index >= 15 is 0 Å². The van der Waals surface area contributed by atoms with Gasteiger partial charge in [-0.1, -0.05) is 19.1 Å². The van der Waals surface area contributed by atoms with Crippen molar-refractivity contribution in [2.75, 3.05) is 5.75 Å². The van der Waals surface area contributed by atoms with Crippen LogP contribution in [0.15, 0.2) is 53.4 Å². The zero-order valence-electron chi connectivity index (χ0n) is 20.2. The normalized spacial score (nSPS) is 12.1. The standard InChI is InChI=1S/C27H34O4S/c1-8-17-32-22-13-11-21(12-14-22)23(28)15-9-20-10-16-24(19(2)18-20)30-27(6,7)25(29)31-26(3,4)5/h9-16,18H,8,17H2,1-7H3. The van der Waals surface area contributed by atoms with Crippen LogP contribution in [0.2, 0.25) is 0 Å². The van der Waals surface area contributed by atoms with Crippen LogP contribution < -0.4 is 4.74 Å². The Labute approximate surface area is 196 Å². The van der Waals surface area contributed by atoms with E-state index in [1.54, 1.807) is 37.8 Å².